The van der Waals surface area contributed by atoms with E-state index in [1.165, 1.54) is 5.56 Å². The number of nitrogens with two attached hydrogens (primary N) is 2. The summed E-state index contributed by atoms with van der Waals surface area (Å²) in [5.41, 5.74) is 13.7. The van der Waals surface area contributed by atoms with Gasteiger partial charge in [0, 0.05) is 6.54 Å². The zero-order valence-electron chi connectivity index (χ0n) is 12.4. The number of rotatable bonds is 6. The fourth-order valence-electron chi connectivity index (χ4n) is 2.00. The lowest BCUT2D eigenvalue weighted by Gasteiger charge is -2.17. The summed E-state index contributed by atoms with van der Waals surface area (Å²) in [6.07, 6.45) is 0. The van der Waals surface area contributed by atoms with Crippen LogP contribution in [0, 0.1) is 0 Å². The third kappa shape index (κ3) is 3.79. The van der Waals surface area contributed by atoms with Crippen molar-refractivity contribution in [2.75, 3.05) is 24.6 Å². The molecule has 0 spiro atoms. The standard InChI is InChI=1S/C14H21N7/c1-3-21(4-2)9-10-6-5-7-11(8-10)17-18-12-13(15)19-20-14(12)16/h5-8H,3-4,9H2,1-2H3,(H5,15,16,19,20). The summed E-state index contributed by atoms with van der Waals surface area (Å²) in [5.74, 6) is 0.561. The number of H-pyrrole nitrogens is 1. The Kier molecular flexibility index (Phi) is 4.89. The summed E-state index contributed by atoms with van der Waals surface area (Å²) in [4.78, 5) is 2.34. The molecular weight excluding hydrogens is 266 g/mol. The fraction of sp³-hybridized carbons (Fsp3) is 0.357. The number of aromatic amines is 1. The summed E-state index contributed by atoms with van der Waals surface area (Å²) in [7, 11) is 0. The molecule has 1 heterocycles. The molecule has 0 bridgehead atoms. The summed E-state index contributed by atoms with van der Waals surface area (Å²) < 4.78 is 0. The van der Waals surface area contributed by atoms with E-state index < -0.39 is 0 Å². The Morgan fingerprint density at radius 2 is 1.95 bits per heavy atom. The van der Waals surface area contributed by atoms with Crippen LogP contribution in [0.1, 0.15) is 19.4 Å². The molecule has 0 atom stereocenters. The van der Waals surface area contributed by atoms with E-state index in [2.05, 4.69) is 45.2 Å². The van der Waals surface area contributed by atoms with Gasteiger partial charge >= 0.3 is 0 Å². The van der Waals surface area contributed by atoms with Crippen LogP contribution in [0.4, 0.5) is 23.0 Å². The van der Waals surface area contributed by atoms with E-state index in [0.717, 1.165) is 25.3 Å². The Balaban J connectivity index is 2.14. The number of hydrogen-bond acceptors (Lipinski definition) is 6. The van der Waals surface area contributed by atoms with Crippen molar-refractivity contribution in [3.63, 3.8) is 0 Å². The first-order valence-corrected chi connectivity index (χ1v) is 6.96. The van der Waals surface area contributed by atoms with Gasteiger partial charge < -0.3 is 11.5 Å². The maximum absolute atomic E-state index is 5.68. The zero-order valence-corrected chi connectivity index (χ0v) is 12.4. The third-order valence-electron chi connectivity index (χ3n) is 3.27. The van der Waals surface area contributed by atoms with Crippen molar-refractivity contribution in [1.29, 1.82) is 0 Å². The van der Waals surface area contributed by atoms with Crippen LogP contribution in [-0.4, -0.2) is 28.2 Å². The Bertz CT molecular complexity index is 594. The van der Waals surface area contributed by atoms with Gasteiger partial charge in [0.15, 0.2) is 11.5 Å². The Morgan fingerprint density at radius 1 is 1.19 bits per heavy atom. The van der Waals surface area contributed by atoms with Crippen molar-refractivity contribution in [3.05, 3.63) is 29.8 Å². The Labute approximate surface area is 124 Å². The predicted molar refractivity (Wildman–Crippen MR) is 84.7 cm³/mol. The maximum Gasteiger partial charge on any atom is 0.175 e. The second kappa shape index (κ2) is 6.85. The van der Waals surface area contributed by atoms with E-state index >= 15 is 0 Å². The van der Waals surface area contributed by atoms with Crippen LogP contribution in [0.25, 0.3) is 0 Å². The second-order valence-corrected chi connectivity index (χ2v) is 4.70. The van der Waals surface area contributed by atoms with Crippen LogP contribution < -0.4 is 11.5 Å². The van der Waals surface area contributed by atoms with Crippen molar-refractivity contribution in [2.24, 2.45) is 10.2 Å². The maximum atomic E-state index is 5.68. The van der Waals surface area contributed by atoms with E-state index in [1.54, 1.807) is 0 Å². The van der Waals surface area contributed by atoms with Gasteiger partial charge in [-0.3, -0.25) is 10.00 Å². The van der Waals surface area contributed by atoms with Gasteiger partial charge in [0.2, 0.25) is 0 Å². The summed E-state index contributed by atoms with van der Waals surface area (Å²) >= 11 is 0. The lowest BCUT2D eigenvalue weighted by Crippen LogP contribution is -2.21. The molecule has 0 aliphatic rings. The Hall–Kier alpha value is -2.41. The Morgan fingerprint density at radius 3 is 2.57 bits per heavy atom. The van der Waals surface area contributed by atoms with Gasteiger partial charge in [0.1, 0.15) is 5.82 Å². The molecule has 0 saturated carbocycles. The molecule has 0 fully saturated rings. The van der Waals surface area contributed by atoms with Crippen molar-refractivity contribution >= 4 is 23.0 Å². The van der Waals surface area contributed by atoms with Crippen molar-refractivity contribution < 1.29 is 0 Å². The minimum Gasteiger partial charge on any atom is -0.382 e. The number of azo groups is 1. The topological polar surface area (TPSA) is 109 Å². The number of aromatic nitrogens is 2. The molecule has 0 saturated heterocycles. The predicted octanol–water partition coefficient (Wildman–Crippen LogP) is 2.83. The highest BCUT2D eigenvalue weighted by Gasteiger charge is 2.06. The molecule has 0 aliphatic heterocycles. The number of anilines is 2. The summed E-state index contributed by atoms with van der Waals surface area (Å²) in [5, 5.41) is 14.6. The van der Waals surface area contributed by atoms with Crippen LogP contribution in [0.3, 0.4) is 0 Å². The van der Waals surface area contributed by atoms with Crippen LogP contribution in [0.5, 0.6) is 0 Å². The molecule has 1 aromatic heterocycles. The van der Waals surface area contributed by atoms with Crippen LogP contribution in [-0.2, 0) is 6.54 Å². The van der Waals surface area contributed by atoms with Crippen LogP contribution in [0.2, 0.25) is 0 Å². The quantitative estimate of drug-likeness (QED) is 0.710. The van der Waals surface area contributed by atoms with Gasteiger partial charge in [0.05, 0.1) is 5.69 Å². The van der Waals surface area contributed by atoms with E-state index in [4.69, 9.17) is 11.5 Å². The highest BCUT2D eigenvalue weighted by molar-refractivity contribution is 5.70. The number of nitrogen functional groups attached to an aromatic ring is 2. The summed E-state index contributed by atoms with van der Waals surface area (Å²) in [6, 6.07) is 7.95. The van der Waals surface area contributed by atoms with Gasteiger partial charge in [-0.2, -0.15) is 10.2 Å². The van der Waals surface area contributed by atoms with Crippen molar-refractivity contribution in [2.45, 2.75) is 20.4 Å². The number of hydrogen-bond donors (Lipinski definition) is 3. The molecule has 5 N–H and O–H groups in total. The highest BCUT2D eigenvalue weighted by Crippen LogP contribution is 2.28. The first kappa shape index (κ1) is 15.0. The van der Waals surface area contributed by atoms with Crippen molar-refractivity contribution in [1.82, 2.24) is 15.1 Å². The normalized spacial score (nSPS) is 11.6. The van der Waals surface area contributed by atoms with Gasteiger partial charge in [-0.1, -0.05) is 26.0 Å². The van der Waals surface area contributed by atoms with Gasteiger partial charge in [-0.15, -0.1) is 5.11 Å². The third-order valence-corrected chi connectivity index (χ3v) is 3.27. The monoisotopic (exact) mass is 287 g/mol. The molecule has 112 valence electrons. The van der Waals surface area contributed by atoms with E-state index in [9.17, 15) is 0 Å². The van der Waals surface area contributed by atoms with Crippen LogP contribution in [0.15, 0.2) is 34.5 Å². The second-order valence-electron chi connectivity index (χ2n) is 4.70. The number of nitrogens with one attached hydrogen (secondary N) is 1. The largest absolute Gasteiger partial charge is 0.382 e. The molecule has 0 amide bonds. The molecule has 0 radical (unpaired) electrons. The smallest absolute Gasteiger partial charge is 0.175 e. The first-order valence-electron chi connectivity index (χ1n) is 6.96. The average Bonchev–Trinajstić information content (AvgIpc) is 2.82. The van der Waals surface area contributed by atoms with Gasteiger partial charge in [-0.25, -0.2) is 0 Å². The molecule has 2 aromatic rings. The lowest BCUT2D eigenvalue weighted by molar-refractivity contribution is 0.296. The van der Waals surface area contributed by atoms with Gasteiger partial charge in [0.25, 0.3) is 0 Å². The van der Waals surface area contributed by atoms with Gasteiger partial charge in [-0.05, 0) is 30.8 Å². The van der Waals surface area contributed by atoms with E-state index in [-0.39, 0.29) is 5.82 Å². The summed E-state index contributed by atoms with van der Waals surface area (Å²) in [6.45, 7) is 7.23. The van der Waals surface area contributed by atoms with E-state index in [0.29, 0.717) is 11.5 Å². The lowest BCUT2D eigenvalue weighted by atomic mass is 10.2. The minimum atomic E-state index is 0.246. The molecule has 7 nitrogen and oxygen atoms in total. The molecule has 1 aromatic carbocycles. The molecule has 0 aliphatic carbocycles. The number of benzene rings is 1. The molecule has 0 unspecified atom stereocenters. The minimum absolute atomic E-state index is 0.246. The average molecular weight is 287 g/mol. The molecule has 2 rings (SSSR count). The molecule has 7 heteroatoms. The zero-order chi connectivity index (χ0) is 15.2. The SMILES string of the molecule is CCN(CC)Cc1cccc(N=Nc2c(N)n[nH]c2N)c1. The molecule has 21 heavy (non-hydrogen) atoms. The number of nitrogens with zero attached hydrogens (tertiary/aromatic N) is 4. The highest BCUT2D eigenvalue weighted by atomic mass is 15.2. The fourth-order valence-corrected chi connectivity index (χ4v) is 2.00. The van der Waals surface area contributed by atoms with Crippen LogP contribution >= 0.6 is 0 Å². The molecular formula is C14H21N7. The van der Waals surface area contributed by atoms with E-state index in [1.807, 2.05) is 18.2 Å². The van der Waals surface area contributed by atoms with Crippen molar-refractivity contribution in [3.8, 4) is 0 Å². The first-order chi connectivity index (χ1) is 10.1.